The Bertz CT molecular complexity index is 764. The predicted molar refractivity (Wildman–Crippen MR) is 113 cm³/mol. The van der Waals surface area contributed by atoms with E-state index in [1.54, 1.807) is 12.5 Å². The van der Waals surface area contributed by atoms with Gasteiger partial charge in [-0.05, 0) is 87.0 Å². The molecule has 1 aromatic heterocycles. The summed E-state index contributed by atoms with van der Waals surface area (Å²) in [5.74, 6) is 1.37. The van der Waals surface area contributed by atoms with E-state index in [1.807, 2.05) is 6.07 Å². The third kappa shape index (κ3) is 2.61. The number of aliphatic hydroxyl groups is 3. The van der Waals surface area contributed by atoms with Crippen molar-refractivity contribution in [3.8, 4) is 0 Å². The fraction of sp³-hybridized carbons (Fsp3) is 0.840. The lowest BCUT2D eigenvalue weighted by atomic mass is 9.43. The Morgan fingerprint density at radius 2 is 1.87 bits per heavy atom. The second kappa shape index (κ2) is 7.06. The first kappa shape index (κ1) is 21.0. The lowest BCUT2D eigenvalue weighted by Gasteiger charge is -2.64. The Balaban J connectivity index is 1.42. The van der Waals surface area contributed by atoms with Gasteiger partial charge in [0.25, 0.3) is 0 Å². The number of rotatable bonds is 4. The molecule has 4 fully saturated rings. The molecule has 3 N–H and O–H groups in total. The zero-order valence-corrected chi connectivity index (χ0v) is 18.5. The minimum absolute atomic E-state index is 0.0916. The summed E-state index contributed by atoms with van der Waals surface area (Å²) in [6, 6.07) is 1.87. The van der Waals surface area contributed by atoms with Gasteiger partial charge in [-0.2, -0.15) is 0 Å². The van der Waals surface area contributed by atoms with Crippen molar-refractivity contribution >= 4 is 0 Å². The molecule has 0 amide bonds. The highest BCUT2D eigenvalue weighted by molar-refractivity contribution is 5.30. The van der Waals surface area contributed by atoms with Crippen LogP contribution in [0.2, 0.25) is 0 Å². The van der Waals surface area contributed by atoms with E-state index in [1.165, 1.54) is 0 Å². The number of aliphatic hydroxyl groups excluding tert-OH is 1. The Kier molecular flexibility index (Phi) is 4.94. The number of furan rings is 1. The van der Waals surface area contributed by atoms with Crippen LogP contribution in [0.5, 0.6) is 0 Å². The van der Waals surface area contributed by atoms with Gasteiger partial charge in [-0.25, -0.2) is 0 Å². The molecule has 5 heteroatoms. The maximum atomic E-state index is 12.2. The first-order valence-corrected chi connectivity index (χ1v) is 12.0. The van der Waals surface area contributed by atoms with Gasteiger partial charge in [-0.15, -0.1) is 0 Å². The van der Waals surface area contributed by atoms with Gasteiger partial charge in [0.2, 0.25) is 0 Å². The van der Waals surface area contributed by atoms with Crippen LogP contribution in [0.3, 0.4) is 0 Å². The smallest absolute Gasteiger partial charge is 0.101 e. The Morgan fingerprint density at radius 1 is 1.03 bits per heavy atom. The molecule has 4 aliphatic carbocycles. The fourth-order valence-electron chi connectivity index (χ4n) is 8.54. The van der Waals surface area contributed by atoms with E-state index in [0.717, 1.165) is 50.5 Å². The van der Waals surface area contributed by atoms with E-state index in [4.69, 9.17) is 14.3 Å². The summed E-state index contributed by atoms with van der Waals surface area (Å²) < 4.78 is 11.2. The van der Waals surface area contributed by atoms with Crippen molar-refractivity contribution in [3.63, 3.8) is 0 Å². The van der Waals surface area contributed by atoms with Gasteiger partial charge >= 0.3 is 0 Å². The standard InChI is InChI=1S/C25H38O5/c1-22-8-5-19(30-14-12-26)15-17(22)3-4-21-20(22)6-9-23(2)24(27,10-11-25(21,23)28)18-7-13-29-16-18/h7,13,16-17,19-21,26-28H,3-6,8-12,14-15H2,1-2H3/t17-,19+,20?,21?,22+,23-,24+,25+/m1/s1. The predicted octanol–water partition coefficient (Wildman–Crippen LogP) is 4.00. The lowest BCUT2D eigenvalue weighted by Crippen LogP contribution is -2.64. The SMILES string of the molecule is C[C@]12CCC3C(CC[C@@H]4C[C@@H](OCCO)CC[C@]34C)[C@@]1(O)CC[C@]2(O)c1ccoc1. The maximum absolute atomic E-state index is 12.2. The van der Waals surface area contributed by atoms with Crippen molar-refractivity contribution in [2.24, 2.45) is 28.6 Å². The van der Waals surface area contributed by atoms with E-state index >= 15 is 0 Å². The zero-order valence-electron chi connectivity index (χ0n) is 18.5. The van der Waals surface area contributed by atoms with Crippen LogP contribution in [0.1, 0.15) is 77.2 Å². The summed E-state index contributed by atoms with van der Waals surface area (Å²) in [6.07, 6.45) is 12.1. The lowest BCUT2D eigenvalue weighted by molar-refractivity contribution is -0.239. The van der Waals surface area contributed by atoms with Crippen molar-refractivity contribution in [3.05, 3.63) is 24.2 Å². The van der Waals surface area contributed by atoms with E-state index in [2.05, 4.69) is 13.8 Å². The molecule has 30 heavy (non-hydrogen) atoms. The molecule has 0 aliphatic heterocycles. The Labute approximate surface area is 179 Å². The highest BCUT2D eigenvalue weighted by Gasteiger charge is 2.72. The molecular weight excluding hydrogens is 380 g/mol. The van der Waals surface area contributed by atoms with E-state index in [0.29, 0.717) is 31.3 Å². The van der Waals surface area contributed by atoms with Crippen LogP contribution in [-0.4, -0.2) is 40.2 Å². The van der Waals surface area contributed by atoms with Gasteiger partial charge in [0.05, 0.1) is 37.4 Å². The molecule has 5 nitrogen and oxygen atoms in total. The van der Waals surface area contributed by atoms with Gasteiger partial charge in [-0.3, -0.25) is 0 Å². The quantitative estimate of drug-likeness (QED) is 0.688. The Morgan fingerprint density at radius 3 is 2.60 bits per heavy atom. The summed E-state index contributed by atoms with van der Waals surface area (Å²) >= 11 is 0. The first-order valence-electron chi connectivity index (χ1n) is 12.0. The van der Waals surface area contributed by atoms with Gasteiger partial charge < -0.3 is 24.5 Å². The van der Waals surface area contributed by atoms with Crippen LogP contribution in [0, 0.1) is 28.6 Å². The topological polar surface area (TPSA) is 83.1 Å². The molecule has 0 radical (unpaired) electrons. The van der Waals surface area contributed by atoms with Gasteiger partial charge in [0.15, 0.2) is 0 Å². The van der Waals surface area contributed by atoms with E-state index < -0.39 is 16.6 Å². The highest BCUT2D eigenvalue weighted by Crippen LogP contribution is 2.71. The molecule has 168 valence electrons. The molecule has 4 aliphatic rings. The molecule has 1 aromatic rings. The summed E-state index contributed by atoms with van der Waals surface area (Å²) in [7, 11) is 0. The van der Waals surface area contributed by atoms with Crippen LogP contribution < -0.4 is 0 Å². The molecule has 0 spiro atoms. The van der Waals surface area contributed by atoms with Gasteiger partial charge in [-0.1, -0.05) is 13.8 Å². The Hall–Kier alpha value is -0.880. The molecule has 1 heterocycles. The highest BCUT2D eigenvalue weighted by atomic mass is 16.5. The summed E-state index contributed by atoms with van der Waals surface area (Å²) in [6.45, 7) is 5.11. The average molecular weight is 419 g/mol. The van der Waals surface area contributed by atoms with Crippen LogP contribution >= 0.6 is 0 Å². The van der Waals surface area contributed by atoms with Gasteiger partial charge in [0, 0.05) is 11.0 Å². The number of hydrogen-bond donors (Lipinski definition) is 3. The monoisotopic (exact) mass is 418 g/mol. The number of hydrogen-bond acceptors (Lipinski definition) is 5. The molecule has 8 atom stereocenters. The third-order valence-electron chi connectivity index (χ3n) is 10.4. The zero-order chi connectivity index (χ0) is 21.2. The van der Waals surface area contributed by atoms with Crippen LogP contribution in [0.15, 0.2) is 23.0 Å². The summed E-state index contributed by atoms with van der Waals surface area (Å²) in [4.78, 5) is 0. The molecule has 0 aromatic carbocycles. The molecule has 5 rings (SSSR count). The van der Waals surface area contributed by atoms with Crippen LogP contribution in [0.4, 0.5) is 0 Å². The second-order valence-electron chi connectivity index (χ2n) is 11.2. The largest absolute Gasteiger partial charge is 0.472 e. The van der Waals surface area contributed by atoms with E-state index in [-0.39, 0.29) is 24.0 Å². The number of fused-ring (bicyclic) bond motifs is 5. The van der Waals surface area contributed by atoms with Crippen molar-refractivity contribution < 1.29 is 24.5 Å². The van der Waals surface area contributed by atoms with Crippen LogP contribution in [-0.2, 0) is 10.3 Å². The maximum Gasteiger partial charge on any atom is 0.101 e. The fourth-order valence-corrected chi connectivity index (χ4v) is 8.54. The van der Waals surface area contributed by atoms with Crippen molar-refractivity contribution in [2.75, 3.05) is 13.2 Å². The van der Waals surface area contributed by atoms with Crippen molar-refractivity contribution in [2.45, 2.75) is 88.9 Å². The third-order valence-corrected chi connectivity index (χ3v) is 10.4. The second-order valence-corrected chi connectivity index (χ2v) is 11.2. The van der Waals surface area contributed by atoms with Crippen molar-refractivity contribution in [1.29, 1.82) is 0 Å². The van der Waals surface area contributed by atoms with Gasteiger partial charge in [0.1, 0.15) is 5.60 Å². The molecular formula is C25H38O5. The molecule has 4 saturated carbocycles. The first-order chi connectivity index (χ1) is 14.3. The van der Waals surface area contributed by atoms with Crippen molar-refractivity contribution in [1.82, 2.24) is 0 Å². The summed E-state index contributed by atoms with van der Waals surface area (Å²) in [5, 5.41) is 33.2. The minimum Gasteiger partial charge on any atom is -0.472 e. The normalized spacial score (nSPS) is 50.6. The minimum atomic E-state index is -1.02. The molecule has 0 bridgehead atoms. The van der Waals surface area contributed by atoms with E-state index in [9.17, 15) is 10.2 Å². The number of ether oxygens (including phenoxy) is 1. The molecule has 0 saturated heterocycles. The van der Waals surface area contributed by atoms with Crippen LogP contribution in [0.25, 0.3) is 0 Å². The average Bonchev–Trinajstić information content (AvgIpc) is 3.34. The molecule has 2 unspecified atom stereocenters. The summed E-state index contributed by atoms with van der Waals surface area (Å²) in [5.41, 5.74) is -1.35.